The second-order valence-corrected chi connectivity index (χ2v) is 8.80. The highest BCUT2D eigenvalue weighted by atomic mass is 35.5. The van der Waals surface area contributed by atoms with Gasteiger partial charge in [0.2, 0.25) is 0 Å². The quantitative estimate of drug-likeness (QED) is 0.265. The lowest BCUT2D eigenvalue weighted by Crippen LogP contribution is -2.33. The van der Waals surface area contributed by atoms with Crippen LogP contribution in [0, 0.1) is 0 Å². The summed E-state index contributed by atoms with van der Waals surface area (Å²) in [4.78, 5) is 31.1. The van der Waals surface area contributed by atoms with Crippen molar-refractivity contribution in [3.8, 4) is 11.5 Å². The molecule has 2 aromatic carbocycles. The van der Waals surface area contributed by atoms with E-state index in [9.17, 15) is 14.7 Å². The van der Waals surface area contributed by atoms with E-state index in [4.69, 9.17) is 25.8 Å². The average molecular weight is 499 g/mol. The van der Waals surface area contributed by atoms with Gasteiger partial charge in [-0.3, -0.25) is 9.59 Å². The predicted octanol–water partition coefficient (Wildman–Crippen LogP) is 4.69. The van der Waals surface area contributed by atoms with E-state index in [1.54, 1.807) is 6.20 Å². The maximum absolute atomic E-state index is 13.3. The number of aliphatic hydroxyl groups excluding tert-OH is 1. The number of amides is 1. The van der Waals surface area contributed by atoms with E-state index in [0.717, 1.165) is 10.9 Å². The Hall–Kier alpha value is -3.49. The number of methoxy groups -OCH3 is 2. The van der Waals surface area contributed by atoms with Crippen LogP contribution in [0.2, 0.25) is 5.02 Å². The summed E-state index contributed by atoms with van der Waals surface area (Å²) in [5.41, 5.74) is 1.66. The molecule has 2 heterocycles. The van der Waals surface area contributed by atoms with Gasteiger partial charge in [0, 0.05) is 35.3 Å². The van der Waals surface area contributed by atoms with Gasteiger partial charge in [-0.1, -0.05) is 29.8 Å². The molecule has 8 nitrogen and oxygen atoms in total. The maximum Gasteiger partial charge on any atom is 0.295 e. The van der Waals surface area contributed by atoms with E-state index in [2.05, 4.69) is 4.98 Å². The van der Waals surface area contributed by atoms with Crippen molar-refractivity contribution in [2.75, 3.05) is 27.4 Å². The number of likely N-dealkylation sites (tertiary alicyclic amines) is 1. The number of halogens is 1. The molecule has 35 heavy (non-hydrogen) atoms. The van der Waals surface area contributed by atoms with Crippen LogP contribution in [0.5, 0.6) is 11.5 Å². The van der Waals surface area contributed by atoms with Crippen molar-refractivity contribution in [1.29, 1.82) is 0 Å². The molecule has 1 unspecified atom stereocenters. The molecular weight excluding hydrogens is 472 g/mol. The molecule has 2 N–H and O–H groups in total. The third-order valence-electron chi connectivity index (χ3n) is 5.97. The summed E-state index contributed by atoms with van der Waals surface area (Å²) in [5, 5.41) is 12.5. The first-order valence-corrected chi connectivity index (χ1v) is 11.5. The fraction of sp³-hybridized carbons (Fsp3) is 0.308. The number of Topliss-reactive ketones (excluding diaryl/α,β-unsaturated/α-hetero) is 1. The Kier molecular flexibility index (Phi) is 7.05. The summed E-state index contributed by atoms with van der Waals surface area (Å²) in [7, 11) is 2.89. The van der Waals surface area contributed by atoms with E-state index < -0.39 is 17.7 Å². The third kappa shape index (κ3) is 4.47. The summed E-state index contributed by atoms with van der Waals surface area (Å²) in [6, 6.07) is 9.70. The lowest BCUT2D eigenvalue weighted by atomic mass is 9.94. The van der Waals surface area contributed by atoms with Crippen LogP contribution in [0.4, 0.5) is 0 Å². The van der Waals surface area contributed by atoms with E-state index in [-0.39, 0.29) is 46.9 Å². The molecule has 1 atom stereocenters. The standard InChI is InChI=1S/C26H27ClN2O6/c1-14(2)35-10-9-29-23(17-13-28-19-8-6-5-7-15(17)19)22(25(31)26(29)32)24(30)16-11-18(27)21(34-4)12-20(16)33-3/h5-8,11-14,23,28,30H,9-10H2,1-4H3/b24-22+. The molecule has 4 rings (SSSR count). The van der Waals surface area contributed by atoms with Crippen LogP contribution in [0.3, 0.4) is 0 Å². The SMILES string of the molecule is COc1cc(OC)c(/C(O)=C2\C(=O)C(=O)N(CCOC(C)C)C2c2c[nH]c3ccccc23)cc1Cl. The number of rotatable bonds is 8. The fourth-order valence-electron chi connectivity index (χ4n) is 4.33. The molecule has 0 bridgehead atoms. The molecule has 1 aromatic heterocycles. The average Bonchev–Trinajstić information content (AvgIpc) is 3.37. The molecule has 1 aliphatic heterocycles. The smallest absolute Gasteiger partial charge is 0.295 e. The minimum absolute atomic E-state index is 0.0379. The zero-order valence-electron chi connectivity index (χ0n) is 19.9. The number of aromatic nitrogens is 1. The molecule has 1 amide bonds. The maximum atomic E-state index is 13.3. The highest BCUT2D eigenvalue weighted by Crippen LogP contribution is 2.44. The number of fused-ring (bicyclic) bond motifs is 1. The molecule has 0 saturated carbocycles. The largest absolute Gasteiger partial charge is 0.507 e. The molecule has 1 saturated heterocycles. The summed E-state index contributed by atoms with van der Waals surface area (Å²) >= 11 is 6.32. The van der Waals surface area contributed by atoms with Gasteiger partial charge in [0.1, 0.15) is 17.3 Å². The van der Waals surface area contributed by atoms with E-state index in [0.29, 0.717) is 11.3 Å². The van der Waals surface area contributed by atoms with E-state index in [1.807, 2.05) is 38.1 Å². The van der Waals surface area contributed by atoms with Gasteiger partial charge in [-0.2, -0.15) is 0 Å². The lowest BCUT2D eigenvalue weighted by molar-refractivity contribution is -0.140. The number of aliphatic hydroxyl groups is 1. The van der Waals surface area contributed by atoms with Crippen LogP contribution in [0.1, 0.15) is 31.0 Å². The summed E-state index contributed by atoms with van der Waals surface area (Å²) in [5.74, 6) is -1.30. The van der Waals surface area contributed by atoms with Gasteiger partial charge < -0.3 is 29.2 Å². The molecule has 0 radical (unpaired) electrons. The Bertz CT molecular complexity index is 1310. The lowest BCUT2D eigenvalue weighted by Gasteiger charge is -2.25. The van der Waals surface area contributed by atoms with Crippen LogP contribution in [-0.4, -0.2) is 60.2 Å². The van der Waals surface area contributed by atoms with Crippen LogP contribution in [-0.2, 0) is 14.3 Å². The number of para-hydroxylation sites is 1. The van der Waals surface area contributed by atoms with Crippen LogP contribution < -0.4 is 9.47 Å². The van der Waals surface area contributed by atoms with E-state index in [1.165, 1.54) is 31.3 Å². The monoisotopic (exact) mass is 498 g/mol. The van der Waals surface area contributed by atoms with Gasteiger partial charge in [-0.05, 0) is 26.0 Å². The number of ketones is 1. The number of nitrogens with one attached hydrogen (secondary N) is 1. The molecule has 1 fully saturated rings. The predicted molar refractivity (Wildman–Crippen MR) is 133 cm³/mol. The highest BCUT2D eigenvalue weighted by Gasteiger charge is 2.47. The number of carbonyl (C=O) groups excluding carboxylic acids is 2. The fourth-order valence-corrected chi connectivity index (χ4v) is 4.57. The van der Waals surface area contributed by atoms with Crippen molar-refractivity contribution in [3.63, 3.8) is 0 Å². The molecule has 0 spiro atoms. The Labute approximate surface area is 208 Å². The molecule has 184 valence electrons. The minimum atomic E-state index is -0.840. The summed E-state index contributed by atoms with van der Waals surface area (Å²) < 4.78 is 16.3. The second kappa shape index (κ2) is 10.0. The van der Waals surface area contributed by atoms with Gasteiger partial charge in [0.25, 0.3) is 11.7 Å². The molecular formula is C26H27ClN2O6. The van der Waals surface area contributed by atoms with Gasteiger partial charge >= 0.3 is 0 Å². The minimum Gasteiger partial charge on any atom is -0.507 e. The van der Waals surface area contributed by atoms with Crippen molar-refractivity contribution in [2.45, 2.75) is 26.0 Å². The second-order valence-electron chi connectivity index (χ2n) is 8.39. The number of nitrogens with zero attached hydrogens (tertiary/aromatic N) is 1. The van der Waals surface area contributed by atoms with Crippen molar-refractivity contribution in [1.82, 2.24) is 9.88 Å². The van der Waals surface area contributed by atoms with Gasteiger partial charge in [0.05, 0.1) is 49.1 Å². The van der Waals surface area contributed by atoms with Gasteiger partial charge in [-0.15, -0.1) is 0 Å². The first kappa shape index (κ1) is 24.6. The number of ether oxygens (including phenoxy) is 3. The Morgan fingerprint density at radius 2 is 1.86 bits per heavy atom. The van der Waals surface area contributed by atoms with Crippen LogP contribution in [0.15, 0.2) is 48.2 Å². The molecule has 3 aromatic rings. The van der Waals surface area contributed by atoms with Gasteiger partial charge in [-0.25, -0.2) is 0 Å². The first-order valence-electron chi connectivity index (χ1n) is 11.2. The van der Waals surface area contributed by atoms with Crippen molar-refractivity contribution in [3.05, 3.63) is 64.3 Å². The first-order chi connectivity index (χ1) is 16.8. The number of benzene rings is 2. The van der Waals surface area contributed by atoms with Crippen molar-refractivity contribution < 1.29 is 28.9 Å². The normalized spacial score (nSPS) is 17.5. The number of hydrogen-bond donors (Lipinski definition) is 2. The summed E-state index contributed by atoms with van der Waals surface area (Å²) in [6.07, 6.45) is 1.72. The number of hydrogen-bond acceptors (Lipinski definition) is 6. The highest BCUT2D eigenvalue weighted by molar-refractivity contribution is 6.46. The zero-order chi connectivity index (χ0) is 25.3. The van der Waals surface area contributed by atoms with Crippen molar-refractivity contribution >= 4 is 40.0 Å². The van der Waals surface area contributed by atoms with Gasteiger partial charge in [0.15, 0.2) is 0 Å². The summed E-state index contributed by atoms with van der Waals surface area (Å²) in [6.45, 7) is 4.20. The van der Waals surface area contributed by atoms with Crippen LogP contribution in [0.25, 0.3) is 16.7 Å². The molecule has 1 aliphatic rings. The Morgan fingerprint density at radius 3 is 2.54 bits per heavy atom. The number of aromatic amines is 1. The topological polar surface area (TPSA) is 101 Å². The third-order valence-corrected chi connectivity index (χ3v) is 6.26. The van der Waals surface area contributed by atoms with E-state index >= 15 is 0 Å². The molecule has 0 aliphatic carbocycles. The molecule has 9 heteroatoms. The van der Waals surface area contributed by atoms with Crippen LogP contribution >= 0.6 is 11.6 Å². The Balaban J connectivity index is 1.91. The number of carbonyl (C=O) groups is 2. The zero-order valence-corrected chi connectivity index (χ0v) is 20.7. The number of H-pyrrole nitrogens is 1. The Morgan fingerprint density at radius 1 is 1.14 bits per heavy atom. The van der Waals surface area contributed by atoms with Crippen molar-refractivity contribution in [2.24, 2.45) is 0 Å².